The molecule has 2 saturated carbocycles. The monoisotopic (exact) mass is 384 g/mol. The lowest BCUT2D eigenvalue weighted by molar-refractivity contribution is -0.162. The standard InChI is InChI=1S/C25H36O3/c1-18-13-14-20(23(2,3)19-11-7-5-8-12-19)21(17-18)27-22(26)24(4)25(28-24)15-9-6-10-16-25/h5,7-8,11-12,18,20-21H,6,9-10,13-17H2,1-4H3/t18-,20-,21-,24?/m1/s1. The SMILES string of the molecule is C[C@@H]1CC[C@@H](C(C)(C)c2ccccc2)[C@H](OC(=O)C2(C)OC23CCCCC3)C1. The van der Waals surface area contributed by atoms with Gasteiger partial charge >= 0.3 is 5.97 Å². The normalized spacial score (nSPS) is 34.8. The van der Waals surface area contributed by atoms with Crippen LogP contribution >= 0.6 is 0 Å². The Hall–Kier alpha value is -1.35. The average Bonchev–Trinajstić information content (AvgIpc) is 3.26. The summed E-state index contributed by atoms with van der Waals surface area (Å²) in [5, 5.41) is 0. The smallest absolute Gasteiger partial charge is 0.341 e. The number of carbonyl (C=O) groups excluding carboxylic acids is 1. The molecule has 1 spiro atoms. The number of epoxide rings is 1. The minimum atomic E-state index is -0.727. The summed E-state index contributed by atoms with van der Waals surface area (Å²) in [5.74, 6) is 0.805. The lowest BCUT2D eigenvalue weighted by atomic mass is 9.64. The maximum absolute atomic E-state index is 13.2. The maximum atomic E-state index is 13.2. The van der Waals surface area contributed by atoms with E-state index in [4.69, 9.17) is 9.47 Å². The molecule has 1 saturated heterocycles. The minimum Gasteiger partial charge on any atom is -0.460 e. The van der Waals surface area contributed by atoms with Gasteiger partial charge < -0.3 is 9.47 Å². The van der Waals surface area contributed by atoms with E-state index in [9.17, 15) is 4.79 Å². The van der Waals surface area contributed by atoms with Gasteiger partial charge in [-0.25, -0.2) is 4.79 Å². The molecule has 2 aliphatic carbocycles. The molecule has 0 radical (unpaired) electrons. The molecule has 3 aliphatic rings. The van der Waals surface area contributed by atoms with Gasteiger partial charge in [0.2, 0.25) is 0 Å². The molecule has 1 aliphatic heterocycles. The number of hydrogen-bond acceptors (Lipinski definition) is 3. The summed E-state index contributed by atoms with van der Waals surface area (Å²) in [7, 11) is 0. The van der Waals surface area contributed by atoms with Gasteiger partial charge in [-0.05, 0) is 49.5 Å². The second-order valence-electron chi connectivity index (χ2n) is 10.2. The third kappa shape index (κ3) is 3.30. The van der Waals surface area contributed by atoms with Crippen LogP contribution < -0.4 is 0 Å². The Morgan fingerprint density at radius 1 is 1.11 bits per heavy atom. The van der Waals surface area contributed by atoms with Gasteiger partial charge in [0.1, 0.15) is 11.7 Å². The van der Waals surface area contributed by atoms with E-state index in [0.717, 1.165) is 38.5 Å². The van der Waals surface area contributed by atoms with Crippen molar-refractivity contribution in [1.29, 1.82) is 0 Å². The van der Waals surface area contributed by atoms with Crippen LogP contribution in [-0.2, 0) is 19.7 Å². The van der Waals surface area contributed by atoms with Gasteiger partial charge in [-0.2, -0.15) is 0 Å². The third-order valence-electron chi connectivity index (χ3n) is 8.04. The first kappa shape index (κ1) is 19.9. The average molecular weight is 385 g/mol. The molecule has 28 heavy (non-hydrogen) atoms. The second-order valence-corrected chi connectivity index (χ2v) is 10.2. The number of esters is 1. The number of ether oxygens (including phenoxy) is 2. The quantitative estimate of drug-likeness (QED) is 0.486. The van der Waals surface area contributed by atoms with Crippen LogP contribution in [-0.4, -0.2) is 23.3 Å². The Balaban J connectivity index is 1.52. The van der Waals surface area contributed by atoms with Gasteiger partial charge in [0.05, 0.1) is 0 Å². The summed E-state index contributed by atoms with van der Waals surface area (Å²) in [5.41, 5.74) is 0.330. The Bertz CT molecular complexity index is 704. The molecule has 1 aromatic rings. The lowest BCUT2D eigenvalue weighted by Gasteiger charge is -2.44. The van der Waals surface area contributed by atoms with Crippen LogP contribution in [0.5, 0.6) is 0 Å². The fraction of sp³-hybridized carbons (Fsp3) is 0.720. The van der Waals surface area contributed by atoms with Crippen LogP contribution in [0.1, 0.15) is 84.6 Å². The molecule has 0 aromatic heterocycles. The molecule has 4 atom stereocenters. The lowest BCUT2D eigenvalue weighted by Crippen LogP contribution is -2.46. The van der Waals surface area contributed by atoms with Crippen molar-refractivity contribution < 1.29 is 14.3 Å². The highest BCUT2D eigenvalue weighted by Gasteiger charge is 2.72. The fourth-order valence-electron chi connectivity index (χ4n) is 5.91. The van der Waals surface area contributed by atoms with Crippen molar-refractivity contribution in [2.24, 2.45) is 11.8 Å². The Morgan fingerprint density at radius 2 is 1.79 bits per heavy atom. The molecule has 3 fully saturated rings. The zero-order chi connectivity index (χ0) is 20.0. The second kappa shape index (κ2) is 7.16. The van der Waals surface area contributed by atoms with Crippen molar-refractivity contribution in [1.82, 2.24) is 0 Å². The van der Waals surface area contributed by atoms with Gasteiger partial charge in [-0.1, -0.05) is 76.8 Å². The summed E-state index contributed by atoms with van der Waals surface area (Å²) in [6, 6.07) is 10.7. The molecule has 3 heteroatoms. The molecule has 1 aromatic carbocycles. The summed E-state index contributed by atoms with van der Waals surface area (Å²) < 4.78 is 12.4. The highest BCUT2D eigenvalue weighted by atomic mass is 16.7. The van der Waals surface area contributed by atoms with Gasteiger partial charge in [0.15, 0.2) is 5.60 Å². The molecule has 3 nitrogen and oxygen atoms in total. The van der Waals surface area contributed by atoms with E-state index in [-0.39, 0.29) is 23.1 Å². The predicted octanol–water partition coefficient (Wildman–Crippen LogP) is 5.80. The van der Waals surface area contributed by atoms with Gasteiger partial charge in [-0.15, -0.1) is 0 Å². The Labute approximate surface area is 170 Å². The molecule has 1 unspecified atom stereocenters. The first-order valence-corrected chi connectivity index (χ1v) is 11.3. The molecule has 1 heterocycles. The molecule has 0 N–H and O–H groups in total. The number of rotatable bonds is 4. The molecule has 0 amide bonds. The molecule has 4 rings (SSSR count). The van der Waals surface area contributed by atoms with E-state index in [0.29, 0.717) is 11.8 Å². The van der Waals surface area contributed by atoms with Crippen LogP contribution in [0.15, 0.2) is 30.3 Å². The number of hydrogen-bond donors (Lipinski definition) is 0. The largest absolute Gasteiger partial charge is 0.460 e. The van der Waals surface area contributed by atoms with E-state index < -0.39 is 5.60 Å². The van der Waals surface area contributed by atoms with Crippen LogP contribution in [0.25, 0.3) is 0 Å². The van der Waals surface area contributed by atoms with Crippen molar-refractivity contribution in [2.45, 2.75) is 102 Å². The van der Waals surface area contributed by atoms with Crippen molar-refractivity contribution in [3.63, 3.8) is 0 Å². The van der Waals surface area contributed by atoms with Gasteiger partial charge in [0, 0.05) is 5.92 Å². The van der Waals surface area contributed by atoms with E-state index in [2.05, 4.69) is 51.1 Å². The van der Waals surface area contributed by atoms with E-state index >= 15 is 0 Å². The summed E-state index contributed by atoms with van der Waals surface area (Å²) in [4.78, 5) is 13.2. The zero-order valence-corrected chi connectivity index (χ0v) is 18.0. The highest BCUT2D eigenvalue weighted by Crippen LogP contribution is 2.57. The highest BCUT2D eigenvalue weighted by molar-refractivity contribution is 5.84. The molecular formula is C25H36O3. The summed E-state index contributed by atoms with van der Waals surface area (Å²) in [6.07, 6.45) is 8.79. The first-order chi connectivity index (χ1) is 13.3. The molecule has 0 bridgehead atoms. The van der Waals surface area contributed by atoms with Crippen molar-refractivity contribution in [2.75, 3.05) is 0 Å². The van der Waals surface area contributed by atoms with Crippen LogP contribution in [0.3, 0.4) is 0 Å². The van der Waals surface area contributed by atoms with Crippen LogP contribution in [0.2, 0.25) is 0 Å². The Kier molecular flexibility index (Phi) is 5.10. The van der Waals surface area contributed by atoms with Gasteiger partial charge in [0.25, 0.3) is 0 Å². The van der Waals surface area contributed by atoms with Crippen molar-refractivity contribution >= 4 is 5.97 Å². The minimum absolute atomic E-state index is 0.0276. The van der Waals surface area contributed by atoms with E-state index in [1.165, 1.54) is 18.4 Å². The van der Waals surface area contributed by atoms with E-state index in [1.807, 2.05) is 6.92 Å². The number of benzene rings is 1. The topological polar surface area (TPSA) is 38.8 Å². The van der Waals surface area contributed by atoms with Crippen molar-refractivity contribution in [3.05, 3.63) is 35.9 Å². The molecule has 154 valence electrons. The zero-order valence-electron chi connectivity index (χ0n) is 18.0. The fourth-order valence-corrected chi connectivity index (χ4v) is 5.91. The maximum Gasteiger partial charge on any atom is 0.341 e. The number of carbonyl (C=O) groups is 1. The van der Waals surface area contributed by atoms with Crippen LogP contribution in [0, 0.1) is 11.8 Å². The first-order valence-electron chi connectivity index (χ1n) is 11.3. The van der Waals surface area contributed by atoms with Crippen molar-refractivity contribution in [3.8, 4) is 0 Å². The summed E-state index contributed by atoms with van der Waals surface area (Å²) in [6.45, 7) is 8.86. The summed E-state index contributed by atoms with van der Waals surface area (Å²) >= 11 is 0. The van der Waals surface area contributed by atoms with E-state index in [1.54, 1.807) is 0 Å². The van der Waals surface area contributed by atoms with Crippen LogP contribution in [0.4, 0.5) is 0 Å². The van der Waals surface area contributed by atoms with Gasteiger partial charge in [-0.3, -0.25) is 0 Å². The third-order valence-corrected chi connectivity index (χ3v) is 8.04. The molecular weight excluding hydrogens is 348 g/mol. The Morgan fingerprint density at radius 3 is 2.46 bits per heavy atom. The predicted molar refractivity (Wildman–Crippen MR) is 111 cm³/mol.